The van der Waals surface area contributed by atoms with Crippen molar-refractivity contribution in [1.29, 1.82) is 0 Å². The molecule has 0 radical (unpaired) electrons. The molecular formula is C14H24N2O. The van der Waals surface area contributed by atoms with Crippen molar-refractivity contribution in [3.8, 4) is 5.88 Å². The summed E-state index contributed by atoms with van der Waals surface area (Å²) in [6, 6.07) is 4.02. The van der Waals surface area contributed by atoms with E-state index in [-0.39, 0.29) is 5.60 Å². The van der Waals surface area contributed by atoms with Crippen molar-refractivity contribution in [3.05, 3.63) is 23.9 Å². The lowest BCUT2D eigenvalue weighted by Gasteiger charge is -2.25. The van der Waals surface area contributed by atoms with E-state index in [1.54, 1.807) is 6.20 Å². The van der Waals surface area contributed by atoms with Crippen molar-refractivity contribution in [3.63, 3.8) is 0 Å². The van der Waals surface area contributed by atoms with Crippen molar-refractivity contribution in [2.45, 2.75) is 52.7 Å². The number of nitrogens with one attached hydrogen (secondary N) is 1. The summed E-state index contributed by atoms with van der Waals surface area (Å²) in [5.74, 6) is 0.753. The van der Waals surface area contributed by atoms with Crippen LogP contribution in [0, 0.1) is 0 Å². The molecule has 17 heavy (non-hydrogen) atoms. The number of hydrogen-bond acceptors (Lipinski definition) is 3. The van der Waals surface area contributed by atoms with Gasteiger partial charge in [0.2, 0.25) is 5.88 Å². The first kappa shape index (κ1) is 14.0. The second kappa shape index (κ2) is 6.60. The van der Waals surface area contributed by atoms with Crippen LogP contribution in [0.4, 0.5) is 0 Å². The first-order chi connectivity index (χ1) is 8.09. The first-order valence-electron chi connectivity index (χ1n) is 6.42. The standard InChI is InChI=1S/C14H24N2O/c1-5-9-15-11-12-8-7-10-16-13(12)17-14(3,4)6-2/h7-8,10,15H,5-6,9,11H2,1-4H3. The molecule has 0 amide bonds. The smallest absolute Gasteiger partial charge is 0.218 e. The molecule has 0 atom stereocenters. The summed E-state index contributed by atoms with van der Waals surface area (Å²) in [5, 5.41) is 3.38. The lowest BCUT2D eigenvalue weighted by Crippen LogP contribution is -2.28. The van der Waals surface area contributed by atoms with Gasteiger partial charge in [-0.15, -0.1) is 0 Å². The molecule has 0 unspecified atom stereocenters. The van der Waals surface area contributed by atoms with E-state index >= 15 is 0 Å². The second-order valence-corrected chi connectivity index (χ2v) is 4.86. The van der Waals surface area contributed by atoms with Gasteiger partial charge in [-0.25, -0.2) is 4.98 Å². The Morgan fingerprint density at radius 1 is 1.35 bits per heavy atom. The molecule has 0 aliphatic rings. The van der Waals surface area contributed by atoms with Crippen LogP contribution in [0.15, 0.2) is 18.3 Å². The van der Waals surface area contributed by atoms with Crippen LogP contribution in [0.3, 0.4) is 0 Å². The summed E-state index contributed by atoms with van der Waals surface area (Å²) in [6.07, 6.45) is 3.88. The average molecular weight is 236 g/mol. The number of ether oxygens (including phenoxy) is 1. The molecule has 3 nitrogen and oxygen atoms in total. The summed E-state index contributed by atoms with van der Waals surface area (Å²) in [5.41, 5.74) is 0.968. The van der Waals surface area contributed by atoms with E-state index in [0.717, 1.165) is 37.4 Å². The third-order valence-corrected chi connectivity index (χ3v) is 2.82. The Morgan fingerprint density at radius 2 is 2.12 bits per heavy atom. The van der Waals surface area contributed by atoms with E-state index in [0.29, 0.717) is 0 Å². The quantitative estimate of drug-likeness (QED) is 0.738. The molecule has 1 aromatic rings. The molecule has 0 aliphatic heterocycles. The summed E-state index contributed by atoms with van der Waals surface area (Å²) in [4.78, 5) is 4.33. The summed E-state index contributed by atoms with van der Waals surface area (Å²) < 4.78 is 5.96. The number of nitrogens with zero attached hydrogens (tertiary/aromatic N) is 1. The van der Waals surface area contributed by atoms with Gasteiger partial charge in [-0.1, -0.05) is 19.9 Å². The number of pyridine rings is 1. The normalized spacial score (nSPS) is 11.5. The Bertz CT molecular complexity index is 337. The molecule has 1 N–H and O–H groups in total. The molecule has 0 spiro atoms. The van der Waals surface area contributed by atoms with E-state index < -0.39 is 0 Å². The highest BCUT2D eigenvalue weighted by atomic mass is 16.5. The topological polar surface area (TPSA) is 34.2 Å². The Balaban J connectivity index is 2.70. The highest BCUT2D eigenvalue weighted by Gasteiger charge is 2.19. The van der Waals surface area contributed by atoms with E-state index in [1.165, 1.54) is 0 Å². The van der Waals surface area contributed by atoms with Gasteiger partial charge in [-0.05, 0) is 39.3 Å². The molecule has 1 heterocycles. The largest absolute Gasteiger partial charge is 0.471 e. The van der Waals surface area contributed by atoms with Gasteiger partial charge in [0.1, 0.15) is 5.60 Å². The van der Waals surface area contributed by atoms with E-state index in [2.05, 4.69) is 44.1 Å². The van der Waals surface area contributed by atoms with Crippen LogP contribution in [0.1, 0.15) is 46.1 Å². The second-order valence-electron chi connectivity index (χ2n) is 4.86. The van der Waals surface area contributed by atoms with Crippen LogP contribution in [-0.4, -0.2) is 17.1 Å². The van der Waals surface area contributed by atoms with Gasteiger partial charge in [0.25, 0.3) is 0 Å². The summed E-state index contributed by atoms with van der Waals surface area (Å²) in [6.45, 7) is 10.3. The fourth-order valence-corrected chi connectivity index (χ4v) is 1.38. The zero-order chi connectivity index (χ0) is 12.7. The number of rotatable bonds is 7. The lowest BCUT2D eigenvalue weighted by atomic mass is 10.1. The third kappa shape index (κ3) is 4.73. The Morgan fingerprint density at radius 3 is 2.76 bits per heavy atom. The Labute approximate surface area is 105 Å². The van der Waals surface area contributed by atoms with Crippen molar-refractivity contribution in [1.82, 2.24) is 10.3 Å². The molecule has 0 bridgehead atoms. The van der Waals surface area contributed by atoms with E-state index in [4.69, 9.17) is 4.74 Å². The van der Waals surface area contributed by atoms with E-state index in [9.17, 15) is 0 Å². The molecule has 3 heteroatoms. The minimum Gasteiger partial charge on any atom is -0.471 e. The average Bonchev–Trinajstić information content (AvgIpc) is 2.31. The van der Waals surface area contributed by atoms with Crippen LogP contribution < -0.4 is 10.1 Å². The van der Waals surface area contributed by atoms with Gasteiger partial charge >= 0.3 is 0 Å². The van der Waals surface area contributed by atoms with Crippen LogP contribution in [0.25, 0.3) is 0 Å². The minimum absolute atomic E-state index is 0.159. The summed E-state index contributed by atoms with van der Waals surface area (Å²) in [7, 11) is 0. The maximum absolute atomic E-state index is 5.96. The maximum atomic E-state index is 5.96. The maximum Gasteiger partial charge on any atom is 0.218 e. The summed E-state index contributed by atoms with van der Waals surface area (Å²) >= 11 is 0. The van der Waals surface area contributed by atoms with Gasteiger partial charge in [-0.2, -0.15) is 0 Å². The lowest BCUT2D eigenvalue weighted by molar-refractivity contribution is 0.0974. The van der Waals surface area contributed by atoms with Crippen molar-refractivity contribution >= 4 is 0 Å². The zero-order valence-corrected chi connectivity index (χ0v) is 11.4. The molecule has 1 rings (SSSR count). The first-order valence-corrected chi connectivity index (χ1v) is 6.42. The highest BCUT2D eigenvalue weighted by Crippen LogP contribution is 2.22. The molecule has 0 aromatic carbocycles. The fraction of sp³-hybridized carbons (Fsp3) is 0.643. The van der Waals surface area contributed by atoms with Gasteiger partial charge in [0.15, 0.2) is 0 Å². The molecule has 0 saturated carbocycles. The minimum atomic E-state index is -0.159. The van der Waals surface area contributed by atoms with Gasteiger partial charge in [0.05, 0.1) is 0 Å². The SMILES string of the molecule is CCCNCc1cccnc1OC(C)(C)CC. The fourth-order valence-electron chi connectivity index (χ4n) is 1.38. The number of aromatic nitrogens is 1. The predicted octanol–water partition coefficient (Wildman–Crippen LogP) is 3.15. The van der Waals surface area contributed by atoms with E-state index in [1.807, 2.05) is 6.07 Å². The van der Waals surface area contributed by atoms with Gasteiger partial charge in [0, 0.05) is 18.3 Å². The van der Waals surface area contributed by atoms with Gasteiger partial charge in [-0.3, -0.25) is 0 Å². The van der Waals surface area contributed by atoms with Crippen LogP contribution in [-0.2, 0) is 6.54 Å². The van der Waals surface area contributed by atoms with Gasteiger partial charge < -0.3 is 10.1 Å². The van der Waals surface area contributed by atoms with Crippen LogP contribution >= 0.6 is 0 Å². The van der Waals surface area contributed by atoms with Crippen molar-refractivity contribution in [2.75, 3.05) is 6.54 Å². The van der Waals surface area contributed by atoms with Crippen LogP contribution in [0.5, 0.6) is 5.88 Å². The third-order valence-electron chi connectivity index (χ3n) is 2.82. The molecule has 0 fully saturated rings. The zero-order valence-electron chi connectivity index (χ0n) is 11.4. The highest BCUT2D eigenvalue weighted by molar-refractivity contribution is 5.25. The molecule has 1 aromatic heterocycles. The van der Waals surface area contributed by atoms with Crippen LogP contribution in [0.2, 0.25) is 0 Å². The molecule has 0 aliphatic carbocycles. The Hall–Kier alpha value is -1.09. The van der Waals surface area contributed by atoms with Crippen molar-refractivity contribution in [2.24, 2.45) is 0 Å². The monoisotopic (exact) mass is 236 g/mol. The Kier molecular flexibility index (Phi) is 5.42. The molecule has 96 valence electrons. The molecular weight excluding hydrogens is 212 g/mol. The predicted molar refractivity (Wildman–Crippen MR) is 71.2 cm³/mol. The van der Waals surface area contributed by atoms with Crippen molar-refractivity contribution < 1.29 is 4.74 Å². The number of hydrogen-bond donors (Lipinski definition) is 1. The molecule has 0 saturated heterocycles.